The number of phenolic OH excluding ortho intramolecular Hbond substituents is 1. The van der Waals surface area contributed by atoms with E-state index in [1.807, 2.05) is 38.1 Å². The minimum atomic E-state index is -0.227. The standard InChI is InChI=1S/C22H28FNO2/c1-16-10-19(11-17(2)21(16)26)13-24-9-3-8-22(14-24,15-25)12-18-4-6-20(23)7-5-18/h4-7,10-11,25-26H,3,8-9,12-15H2,1-2H3. The van der Waals surface area contributed by atoms with E-state index < -0.39 is 0 Å². The van der Waals surface area contributed by atoms with E-state index in [1.54, 1.807) is 0 Å². The van der Waals surface area contributed by atoms with Gasteiger partial charge < -0.3 is 10.2 Å². The summed E-state index contributed by atoms with van der Waals surface area (Å²) in [5, 5.41) is 20.1. The van der Waals surface area contributed by atoms with Gasteiger partial charge in [-0.3, -0.25) is 4.90 Å². The van der Waals surface area contributed by atoms with Crippen molar-refractivity contribution in [2.24, 2.45) is 5.41 Å². The largest absolute Gasteiger partial charge is 0.507 e. The molecule has 3 nitrogen and oxygen atoms in total. The Hall–Kier alpha value is -1.91. The third kappa shape index (κ3) is 4.25. The van der Waals surface area contributed by atoms with Gasteiger partial charge in [-0.2, -0.15) is 0 Å². The SMILES string of the molecule is Cc1cc(CN2CCCC(CO)(Cc3ccc(F)cc3)C2)cc(C)c1O. The number of hydrogen-bond acceptors (Lipinski definition) is 3. The molecule has 0 radical (unpaired) electrons. The van der Waals surface area contributed by atoms with Crippen LogP contribution in [0.15, 0.2) is 36.4 Å². The summed E-state index contributed by atoms with van der Waals surface area (Å²) in [4.78, 5) is 2.38. The van der Waals surface area contributed by atoms with Crippen molar-refractivity contribution in [1.82, 2.24) is 4.90 Å². The van der Waals surface area contributed by atoms with E-state index in [0.29, 0.717) is 5.75 Å². The van der Waals surface area contributed by atoms with Gasteiger partial charge in [0.2, 0.25) is 0 Å². The fourth-order valence-corrected chi connectivity index (χ4v) is 4.20. The van der Waals surface area contributed by atoms with Crippen LogP contribution in [0.3, 0.4) is 0 Å². The van der Waals surface area contributed by atoms with Crippen LogP contribution in [-0.2, 0) is 13.0 Å². The van der Waals surface area contributed by atoms with Gasteiger partial charge in [0.1, 0.15) is 11.6 Å². The molecule has 1 aliphatic rings. The topological polar surface area (TPSA) is 43.7 Å². The van der Waals surface area contributed by atoms with Gasteiger partial charge in [0.25, 0.3) is 0 Å². The minimum Gasteiger partial charge on any atom is -0.507 e. The van der Waals surface area contributed by atoms with Crippen LogP contribution in [0.25, 0.3) is 0 Å². The second kappa shape index (κ2) is 7.77. The highest BCUT2D eigenvalue weighted by Gasteiger charge is 2.35. The summed E-state index contributed by atoms with van der Waals surface area (Å²) < 4.78 is 13.2. The minimum absolute atomic E-state index is 0.133. The first kappa shape index (κ1) is 18.9. The normalized spacial score (nSPS) is 21.1. The molecule has 1 aliphatic heterocycles. The van der Waals surface area contributed by atoms with Crippen molar-refractivity contribution in [3.63, 3.8) is 0 Å². The van der Waals surface area contributed by atoms with Crippen molar-refractivity contribution in [3.05, 3.63) is 64.5 Å². The van der Waals surface area contributed by atoms with Crippen molar-refractivity contribution in [2.45, 2.75) is 39.7 Å². The van der Waals surface area contributed by atoms with Gasteiger partial charge in [0.05, 0.1) is 6.61 Å². The van der Waals surface area contributed by atoms with Gasteiger partial charge in [-0.25, -0.2) is 4.39 Å². The molecular formula is C22H28FNO2. The van der Waals surface area contributed by atoms with E-state index in [0.717, 1.165) is 55.6 Å². The van der Waals surface area contributed by atoms with Crippen molar-refractivity contribution in [2.75, 3.05) is 19.7 Å². The summed E-state index contributed by atoms with van der Waals surface area (Å²) in [6.07, 6.45) is 2.77. The molecular weight excluding hydrogens is 329 g/mol. The second-order valence-corrected chi connectivity index (χ2v) is 7.85. The van der Waals surface area contributed by atoms with E-state index >= 15 is 0 Å². The van der Waals surface area contributed by atoms with Crippen molar-refractivity contribution < 1.29 is 14.6 Å². The Morgan fingerprint density at radius 3 is 2.35 bits per heavy atom. The first-order valence-electron chi connectivity index (χ1n) is 9.27. The monoisotopic (exact) mass is 357 g/mol. The highest BCUT2D eigenvalue weighted by atomic mass is 19.1. The predicted octanol–water partition coefficient (Wildman–Crippen LogP) is 3.97. The van der Waals surface area contributed by atoms with Crippen LogP contribution in [0.2, 0.25) is 0 Å². The van der Waals surface area contributed by atoms with Crippen LogP contribution in [0.4, 0.5) is 4.39 Å². The van der Waals surface area contributed by atoms with Crippen LogP contribution >= 0.6 is 0 Å². The number of phenols is 1. The summed E-state index contributed by atoms with van der Waals surface area (Å²) in [6, 6.07) is 10.7. The first-order chi connectivity index (χ1) is 12.4. The Bertz CT molecular complexity index is 736. The molecule has 3 rings (SSSR count). The Morgan fingerprint density at radius 2 is 1.73 bits per heavy atom. The number of aliphatic hydroxyl groups is 1. The number of halogens is 1. The zero-order valence-electron chi connectivity index (χ0n) is 15.6. The van der Waals surface area contributed by atoms with Gasteiger partial charge in [-0.05, 0) is 74.0 Å². The first-order valence-corrected chi connectivity index (χ1v) is 9.27. The fraction of sp³-hybridized carbons (Fsp3) is 0.455. The molecule has 1 fully saturated rings. The van der Waals surface area contributed by atoms with Gasteiger partial charge in [-0.1, -0.05) is 24.3 Å². The summed E-state index contributed by atoms with van der Waals surface area (Å²) in [6.45, 7) is 6.62. The predicted molar refractivity (Wildman–Crippen MR) is 102 cm³/mol. The van der Waals surface area contributed by atoms with Crippen LogP contribution in [0.5, 0.6) is 5.75 Å². The number of aromatic hydroxyl groups is 1. The Balaban J connectivity index is 1.73. The molecule has 1 saturated heterocycles. The molecule has 2 N–H and O–H groups in total. The summed E-state index contributed by atoms with van der Waals surface area (Å²) in [5.41, 5.74) is 3.87. The third-order valence-corrected chi connectivity index (χ3v) is 5.53. The maximum absolute atomic E-state index is 13.2. The van der Waals surface area contributed by atoms with Gasteiger partial charge in [0.15, 0.2) is 0 Å². The van der Waals surface area contributed by atoms with Crippen LogP contribution in [0.1, 0.15) is 35.1 Å². The zero-order valence-corrected chi connectivity index (χ0v) is 15.6. The molecule has 140 valence electrons. The fourth-order valence-electron chi connectivity index (χ4n) is 4.20. The Labute approximate surface area is 155 Å². The number of nitrogens with zero attached hydrogens (tertiary/aromatic N) is 1. The average molecular weight is 357 g/mol. The Kier molecular flexibility index (Phi) is 5.64. The molecule has 0 aliphatic carbocycles. The molecule has 1 unspecified atom stereocenters. The van der Waals surface area contributed by atoms with E-state index in [-0.39, 0.29) is 17.8 Å². The molecule has 0 spiro atoms. The number of rotatable bonds is 5. The number of benzene rings is 2. The average Bonchev–Trinajstić information content (AvgIpc) is 2.62. The Morgan fingerprint density at radius 1 is 1.08 bits per heavy atom. The molecule has 4 heteroatoms. The summed E-state index contributed by atoms with van der Waals surface area (Å²) in [7, 11) is 0. The maximum atomic E-state index is 13.2. The highest BCUT2D eigenvalue weighted by molar-refractivity contribution is 5.42. The molecule has 2 aromatic rings. The van der Waals surface area contributed by atoms with E-state index in [1.165, 1.54) is 17.7 Å². The molecule has 0 saturated carbocycles. The molecule has 0 aromatic heterocycles. The number of piperidine rings is 1. The van der Waals surface area contributed by atoms with Crippen molar-refractivity contribution in [3.8, 4) is 5.75 Å². The molecule has 0 bridgehead atoms. The number of aliphatic hydroxyl groups excluding tert-OH is 1. The van der Waals surface area contributed by atoms with Crippen molar-refractivity contribution in [1.29, 1.82) is 0 Å². The smallest absolute Gasteiger partial charge is 0.123 e. The third-order valence-electron chi connectivity index (χ3n) is 5.53. The molecule has 2 aromatic carbocycles. The second-order valence-electron chi connectivity index (χ2n) is 7.85. The summed E-state index contributed by atoms with van der Waals surface area (Å²) >= 11 is 0. The lowest BCUT2D eigenvalue weighted by molar-refractivity contribution is 0.0288. The quantitative estimate of drug-likeness (QED) is 0.851. The lowest BCUT2D eigenvalue weighted by atomic mass is 9.75. The number of hydrogen-bond donors (Lipinski definition) is 2. The maximum Gasteiger partial charge on any atom is 0.123 e. The van der Waals surface area contributed by atoms with Gasteiger partial charge in [0, 0.05) is 18.5 Å². The highest BCUT2D eigenvalue weighted by Crippen LogP contribution is 2.34. The summed E-state index contributed by atoms with van der Waals surface area (Å²) in [5.74, 6) is 0.142. The van der Waals surface area contributed by atoms with Crippen LogP contribution in [0, 0.1) is 25.1 Å². The van der Waals surface area contributed by atoms with E-state index in [4.69, 9.17) is 0 Å². The zero-order chi connectivity index (χ0) is 18.7. The number of likely N-dealkylation sites (tertiary alicyclic amines) is 1. The van der Waals surface area contributed by atoms with E-state index in [2.05, 4.69) is 4.90 Å². The number of aryl methyl sites for hydroxylation is 2. The van der Waals surface area contributed by atoms with Crippen LogP contribution < -0.4 is 0 Å². The van der Waals surface area contributed by atoms with Crippen LogP contribution in [-0.4, -0.2) is 34.8 Å². The lowest BCUT2D eigenvalue weighted by Crippen LogP contribution is -2.46. The molecule has 1 atom stereocenters. The molecule has 1 heterocycles. The van der Waals surface area contributed by atoms with E-state index in [9.17, 15) is 14.6 Å². The molecule has 0 amide bonds. The van der Waals surface area contributed by atoms with Gasteiger partial charge >= 0.3 is 0 Å². The van der Waals surface area contributed by atoms with Gasteiger partial charge in [-0.15, -0.1) is 0 Å². The lowest BCUT2D eigenvalue weighted by Gasteiger charge is -2.42. The van der Waals surface area contributed by atoms with Crippen molar-refractivity contribution >= 4 is 0 Å². The molecule has 26 heavy (non-hydrogen) atoms.